The highest BCUT2D eigenvalue weighted by Gasteiger charge is 2.34. The van der Waals surface area contributed by atoms with E-state index in [2.05, 4.69) is 0 Å². The van der Waals surface area contributed by atoms with Gasteiger partial charge in [-0.15, -0.1) is 0 Å². The van der Waals surface area contributed by atoms with Gasteiger partial charge in [-0.1, -0.05) is 42.5 Å². The maximum atomic E-state index is 12.9. The minimum Gasteiger partial charge on any atom is -0.396 e. The molecule has 5 heteroatoms. The topological polar surface area (TPSA) is 66.6 Å². The van der Waals surface area contributed by atoms with Crippen molar-refractivity contribution >= 4 is 23.1 Å². The van der Waals surface area contributed by atoms with Gasteiger partial charge in [-0.05, 0) is 31.2 Å². The second-order valence-electron chi connectivity index (χ2n) is 5.44. The Balaban J connectivity index is 2.20. The molecule has 1 saturated carbocycles. The first-order valence-corrected chi connectivity index (χ1v) is 7.81. The number of hydrogen-bond donors (Lipinski definition) is 2. The Morgan fingerprint density at radius 2 is 2.05 bits per heavy atom. The standard InChI is InChI=1S/C16H22N2O2S/c17-15(21)14(12-6-2-1-3-7-12)16(20)18(10-5-11-19)13-8-4-9-13/h1-3,6-7,13-14,19H,4-5,8-11H2,(H2,17,21). The average molecular weight is 306 g/mol. The molecule has 4 nitrogen and oxygen atoms in total. The summed E-state index contributed by atoms with van der Waals surface area (Å²) in [4.78, 5) is 15.0. The number of carbonyl (C=O) groups is 1. The van der Waals surface area contributed by atoms with E-state index in [0.717, 1.165) is 24.8 Å². The van der Waals surface area contributed by atoms with E-state index in [1.54, 1.807) is 0 Å². The maximum Gasteiger partial charge on any atom is 0.237 e. The summed E-state index contributed by atoms with van der Waals surface area (Å²) in [6.07, 6.45) is 3.78. The molecule has 114 valence electrons. The van der Waals surface area contributed by atoms with Gasteiger partial charge in [-0.2, -0.15) is 0 Å². The largest absolute Gasteiger partial charge is 0.396 e. The molecule has 0 bridgehead atoms. The number of hydrogen-bond acceptors (Lipinski definition) is 3. The molecule has 0 heterocycles. The van der Waals surface area contributed by atoms with Crippen molar-refractivity contribution in [1.29, 1.82) is 0 Å². The summed E-state index contributed by atoms with van der Waals surface area (Å²) in [7, 11) is 0. The Morgan fingerprint density at radius 3 is 2.52 bits per heavy atom. The highest BCUT2D eigenvalue weighted by atomic mass is 32.1. The Hall–Kier alpha value is -1.46. The molecule has 1 unspecified atom stereocenters. The van der Waals surface area contributed by atoms with Crippen LogP contribution in [-0.4, -0.2) is 40.1 Å². The smallest absolute Gasteiger partial charge is 0.237 e. The number of benzene rings is 1. The normalized spacial score (nSPS) is 16.0. The molecule has 21 heavy (non-hydrogen) atoms. The summed E-state index contributed by atoms with van der Waals surface area (Å²) in [6, 6.07) is 9.70. The summed E-state index contributed by atoms with van der Waals surface area (Å²) in [5.41, 5.74) is 6.67. The van der Waals surface area contributed by atoms with E-state index in [0.29, 0.717) is 13.0 Å². The first-order chi connectivity index (χ1) is 10.1. The van der Waals surface area contributed by atoms with Crippen molar-refractivity contribution in [3.05, 3.63) is 35.9 Å². The number of aliphatic hydroxyl groups is 1. The van der Waals surface area contributed by atoms with E-state index in [9.17, 15) is 4.79 Å². The zero-order valence-electron chi connectivity index (χ0n) is 12.1. The molecule has 1 aliphatic carbocycles. The molecule has 3 N–H and O–H groups in total. The summed E-state index contributed by atoms with van der Waals surface area (Å²) in [5.74, 6) is -0.604. The number of aliphatic hydroxyl groups excluding tert-OH is 1. The quantitative estimate of drug-likeness (QED) is 0.754. The monoisotopic (exact) mass is 306 g/mol. The summed E-state index contributed by atoms with van der Waals surface area (Å²) >= 11 is 5.13. The number of amides is 1. The zero-order chi connectivity index (χ0) is 15.2. The van der Waals surface area contributed by atoms with Gasteiger partial charge in [0.25, 0.3) is 0 Å². The molecule has 0 aromatic heterocycles. The fourth-order valence-corrected chi connectivity index (χ4v) is 2.89. The molecule has 1 atom stereocenters. The van der Waals surface area contributed by atoms with Gasteiger partial charge in [0, 0.05) is 19.2 Å². The Kier molecular flexibility index (Phi) is 5.70. The number of carbonyl (C=O) groups excluding carboxylic acids is 1. The lowest BCUT2D eigenvalue weighted by Crippen LogP contribution is -2.48. The third-order valence-electron chi connectivity index (χ3n) is 4.02. The van der Waals surface area contributed by atoms with Crippen molar-refractivity contribution in [3.63, 3.8) is 0 Å². The van der Waals surface area contributed by atoms with Crippen LogP contribution < -0.4 is 5.73 Å². The minimum atomic E-state index is -0.569. The number of thiocarbonyl (C=S) groups is 1. The molecule has 1 fully saturated rings. The van der Waals surface area contributed by atoms with E-state index >= 15 is 0 Å². The van der Waals surface area contributed by atoms with Gasteiger partial charge in [-0.25, -0.2) is 0 Å². The molecule has 1 amide bonds. The van der Waals surface area contributed by atoms with Gasteiger partial charge in [0.1, 0.15) is 5.92 Å². The fourth-order valence-electron chi connectivity index (χ4n) is 2.65. The van der Waals surface area contributed by atoms with E-state index in [-0.39, 0.29) is 23.5 Å². The first-order valence-electron chi connectivity index (χ1n) is 7.40. The van der Waals surface area contributed by atoms with Crippen LogP contribution in [0.25, 0.3) is 0 Å². The van der Waals surface area contributed by atoms with E-state index in [4.69, 9.17) is 23.1 Å². The molecule has 1 aromatic carbocycles. The first kappa shape index (κ1) is 15.9. The van der Waals surface area contributed by atoms with Crippen LogP contribution in [0.15, 0.2) is 30.3 Å². The van der Waals surface area contributed by atoms with Crippen LogP contribution >= 0.6 is 12.2 Å². The summed E-state index contributed by atoms with van der Waals surface area (Å²) < 4.78 is 0. The lowest BCUT2D eigenvalue weighted by Gasteiger charge is -2.39. The highest BCUT2D eigenvalue weighted by Crippen LogP contribution is 2.29. The molecular weight excluding hydrogens is 284 g/mol. The van der Waals surface area contributed by atoms with Gasteiger partial charge < -0.3 is 15.7 Å². The molecule has 2 rings (SSSR count). The van der Waals surface area contributed by atoms with Crippen molar-refractivity contribution < 1.29 is 9.90 Å². The third kappa shape index (κ3) is 3.80. The van der Waals surface area contributed by atoms with E-state index in [1.165, 1.54) is 0 Å². The predicted molar refractivity (Wildman–Crippen MR) is 87.0 cm³/mol. The van der Waals surface area contributed by atoms with Crippen LogP contribution in [0.3, 0.4) is 0 Å². The van der Waals surface area contributed by atoms with Crippen LogP contribution in [0.5, 0.6) is 0 Å². The van der Waals surface area contributed by atoms with Crippen molar-refractivity contribution in [3.8, 4) is 0 Å². The Morgan fingerprint density at radius 1 is 1.38 bits per heavy atom. The minimum absolute atomic E-state index is 0.0353. The lowest BCUT2D eigenvalue weighted by atomic mass is 9.89. The van der Waals surface area contributed by atoms with Crippen LogP contribution in [0.2, 0.25) is 0 Å². The lowest BCUT2D eigenvalue weighted by molar-refractivity contribution is -0.135. The molecule has 0 saturated heterocycles. The SMILES string of the molecule is NC(=S)C(C(=O)N(CCCO)C1CCC1)c1ccccc1. The van der Waals surface area contributed by atoms with Crippen LogP contribution in [0, 0.1) is 0 Å². The molecule has 0 radical (unpaired) electrons. The van der Waals surface area contributed by atoms with E-state index < -0.39 is 5.92 Å². The third-order valence-corrected chi connectivity index (χ3v) is 4.26. The summed E-state index contributed by atoms with van der Waals surface area (Å²) in [5, 5.41) is 9.05. The summed E-state index contributed by atoms with van der Waals surface area (Å²) in [6.45, 7) is 0.644. The number of nitrogens with zero attached hydrogens (tertiary/aromatic N) is 1. The highest BCUT2D eigenvalue weighted by molar-refractivity contribution is 7.80. The van der Waals surface area contributed by atoms with Crippen molar-refractivity contribution in [1.82, 2.24) is 4.90 Å². The van der Waals surface area contributed by atoms with Crippen molar-refractivity contribution in [2.75, 3.05) is 13.2 Å². The molecule has 0 aliphatic heterocycles. The predicted octanol–water partition coefficient (Wildman–Crippen LogP) is 1.82. The van der Waals surface area contributed by atoms with Gasteiger partial charge in [0.2, 0.25) is 5.91 Å². The van der Waals surface area contributed by atoms with Gasteiger partial charge in [0.15, 0.2) is 0 Å². The van der Waals surface area contributed by atoms with Gasteiger partial charge in [-0.3, -0.25) is 4.79 Å². The van der Waals surface area contributed by atoms with Crippen molar-refractivity contribution in [2.45, 2.75) is 37.6 Å². The van der Waals surface area contributed by atoms with Crippen LogP contribution in [-0.2, 0) is 4.79 Å². The van der Waals surface area contributed by atoms with Crippen LogP contribution in [0.1, 0.15) is 37.2 Å². The second-order valence-corrected chi connectivity index (χ2v) is 5.91. The van der Waals surface area contributed by atoms with Crippen LogP contribution in [0.4, 0.5) is 0 Å². The van der Waals surface area contributed by atoms with E-state index in [1.807, 2.05) is 35.2 Å². The fraction of sp³-hybridized carbons (Fsp3) is 0.500. The zero-order valence-corrected chi connectivity index (χ0v) is 12.9. The molecular formula is C16H22N2O2S. The molecule has 1 aromatic rings. The van der Waals surface area contributed by atoms with Crippen molar-refractivity contribution in [2.24, 2.45) is 5.73 Å². The molecule has 0 spiro atoms. The second kappa shape index (κ2) is 7.52. The number of nitrogens with two attached hydrogens (primary N) is 1. The Bertz CT molecular complexity index is 488. The number of rotatable bonds is 7. The van der Waals surface area contributed by atoms with Gasteiger partial charge in [0.05, 0.1) is 4.99 Å². The Labute approximate surface area is 130 Å². The average Bonchev–Trinajstić information content (AvgIpc) is 2.42. The molecule has 1 aliphatic rings. The van der Waals surface area contributed by atoms with Gasteiger partial charge >= 0.3 is 0 Å². The maximum absolute atomic E-state index is 12.9.